The third-order valence-electron chi connectivity index (χ3n) is 6.33. The Labute approximate surface area is 245 Å². The summed E-state index contributed by atoms with van der Waals surface area (Å²) in [6.45, 7) is 3.11. The molecule has 0 aromatic heterocycles. The lowest BCUT2D eigenvalue weighted by molar-refractivity contribution is -0.142. The first-order valence-electron chi connectivity index (χ1n) is 13.0. The summed E-state index contributed by atoms with van der Waals surface area (Å²) < 4.78 is 43.3. The average Bonchev–Trinajstić information content (AvgIpc) is 2.93. The van der Waals surface area contributed by atoms with Crippen molar-refractivity contribution < 1.29 is 32.2 Å². The van der Waals surface area contributed by atoms with E-state index >= 15 is 0 Å². The molecule has 2 aromatic carbocycles. The van der Waals surface area contributed by atoms with Gasteiger partial charge >= 0.3 is 11.9 Å². The van der Waals surface area contributed by atoms with E-state index in [1.807, 2.05) is 4.90 Å². The van der Waals surface area contributed by atoms with Crippen LogP contribution in [0, 0.1) is 5.41 Å². The Morgan fingerprint density at radius 3 is 2.54 bits per heavy atom. The second-order valence-electron chi connectivity index (χ2n) is 9.32. The number of carbonyl (C=O) groups excluding carboxylic acids is 2. The summed E-state index contributed by atoms with van der Waals surface area (Å²) in [5.74, 6) is -1.66. The normalized spacial score (nSPS) is 14.5. The smallest absolute Gasteiger partial charge is 0.323 e. The number of benzene rings is 2. The van der Waals surface area contributed by atoms with Gasteiger partial charge < -0.3 is 19.9 Å². The Balaban J connectivity index is 1.77. The molecular weight excluding hydrogens is 572 g/mol. The summed E-state index contributed by atoms with van der Waals surface area (Å²) in [5, 5.41) is 7.83. The number of nitrogens with one attached hydrogen (secondary N) is 1. The third kappa shape index (κ3) is 9.48. The number of anilines is 1. The van der Waals surface area contributed by atoms with Crippen molar-refractivity contribution in [3.05, 3.63) is 64.7 Å². The first-order chi connectivity index (χ1) is 19.5. The summed E-state index contributed by atoms with van der Waals surface area (Å²) in [6.07, 6.45) is 4.58. The molecule has 2 aromatic rings. The maximum atomic E-state index is 13.3. The molecule has 1 saturated heterocycles. The summed E-state index contributed by atoms with van der Waals surface area (Å²) in [7, 11) is -2.78. The number of piperidine rings is 1. The molecule has 11 nitrogen and oxygen atoms in total. The largest absolute Gasteiger partial charge is 0.489 e. The van der Waals surface area contributed by atoms with Crippen molar-refractivity contribution >= 4 is 51.2 Å². The molecular formula is C28H35ClN4O7S. The highest BCUT2D eigenvalue weighted by Crippen LogP contribution is 2.32. The predicted molar refractivity (Wildman–Crippen MR) is 158 cm³/mol. The molecule has 0 unspecified atom stereocenters. The van der Waals surface area contributed by atoms with Crippen molar-refractivity contribution in [1.82, 2.24) is 4.90 Å². The minimum atomic E-state index is -4.14. The van der Waals surface area contributed by atoms with Crippen molar-refractivity contribution in [1.29, 1.82) is 5.41 Å². The number of ether oxygens (including phenoxy) is 3. The number of carbonyl (C=O) groups is 2. The summed E-state index contributed by atoms with van der Waals surface area (Å²) >= 11 is 6.53. The summed E-state index contributed by atoms with van der Waals surface area (Å²) in [6, 6.07) is 11.6. The SMILES string of the molecule is CCOC(=O)CS(=O)(=O)N(CC=Cc1cccc(C(=N)N)c1)c1ccc(OC2CCN(CC(=O)OC)CC2)c(Cl)c1. The number of amidine groups is 1. The number of methoxy groups -OCH3 is 1. The molecule has 1 heterocycles. The molecule has 0 aliphatic carbocycles. The molecule has 222 valence electrons. The monoisotopic (exact) mass is 606 g/mol. The number of nitrogens with zero attached hydrogens (tertiary/aromatic N) is 2. The number of esters is 2. The Kier molecular flexibility index (Phi) is 11.6. The van der Waals surface area contributed by atoms with Gasteiger partial charge in [-0.3, -0.25) is 24.2 Å². The topological polar surface area (TPSA) is 152 Å². The van der Waals surface area contributed by atoms with Crippen molar-refractivity contribution in [3.8, 4) is 5.75 Å². The van der Waals surface area contributed by atoms with E-state index in [2.05, 4.69) is 0 Å². The third-order valence-corrected chi connectivity index (χ3v) is 8.26. The van der Waals surface area contributed by atoms with E-state index in [-0.39, 0.29) is 48.3 Å². The number of likely N-dealkylation sites (tertiary alicyclic amines) is 1. The maximum absolute atomic E-state index is 13.3. The van der Waals surface area contributed by atoms with Gasteiger partial charge in [-0.25, -0.2) is 8.42 Å². The van der Waals surface area contributed by atoms with Crippen molar-refractivity contribution in [3.63, 3.8) is 0 Å². The van der Waals surface area contributed by atoms with Crippen molar-refractivity contribution in [2.45, 2.75) is 25.9 Å². The lowest BCUT2D eigenvalue weighted by Gasteiger charge is -2.31. The fraction of sp³-hybridized carbons (Fsp3) is 0.393. The number of halogens is 1. The maximum Gasteiger partial charge on any atom is 0.323 e. The zero-order valence-electron chi connectivity index (χ0n) is 23.0. The second kappa shape index (κ2) is 14.9. The second-order valence-corrected chi connectivity index (χ2v) is 11.6. The van der Waals surface area contributed by atoms with E-state index in [0.29, 0.717) is 37.2 Å². The number of hydrogen-bond donors (Lipinski definition) is 2. The average molecular weight is 607 g/mol. The molecule has 1 fully saturated rings. The molecule has 3 rings (SSSR count). The van der Waals surface area contributed by atoms with E-state index in [9.17, 15) is 18.0 Å². The minimum absolute atomic E-state index is 0.0558. The van der Waals surface area contributed by atoms with Gasteiger partial charge in [-0.2, -0.15) is 0 Å². The van der Waals surface area contributed by atoms with Gasteiger partial charge in [0.25, 0.3) is 0 Å². The zero-order chi connectivity index (χ0) is 30.0. The molecule has 0 spiro atoms. The number of hydrogen-bond acceptors (Lipinski definition) is 9. The molecule has 13 heteroatoms. The zero-order valence-corrected chi connectivity index (χ0v) is 24.6. The van der Waals surface area contributed by atoms with E-state index in [4.69, 9.17) is 37.0 Å². The summed E-state index contributed by atoms with van der Waals surface area (Å²) in [5.41, 5.74) is 7.07. The molecule has 0 amide bonds. The van der Waals surface area contributed by atoms with Gasteiger partial charge in [0.05, 0.1) is 37.5 Å². The van der Waals surface area contributed by atoms with Crippen LogP contribution < -0.4 is 14.8 Å². The van der Waals surface area contributed by atoms with E-state index in [1.54, 1.807) is 55.5 Å². The van der Waals surface area contributed by atoms with Crippen molar-refractivity contribution in [2.75, 3.05) is 50.0 Å². The number of sulfonamides is 1. The molecule has 3 N–H and O–H groups in total. The van der Waals surface area contributed by atoms with Crippen LogP contribution in [0.2, 0.25) is 5.02 Å². The van der Waals surface area contributed by atoms with Gasteiger partial charge in [-0.15, -0.1) is 0 Å². The van der Waals surface area contributed by atoms with Crippen LogP contribution in [0.15, 0.2) is 48.5 Å². The molecule has 0 radical (unpaired) electrons. The van der Waals surface area contributed by atoms with Crippen LogP contribution in [0.3, 0.4) is 0 Å². The molecule has 41 heavy (non-hydrogen) atoms. The quantitative estimate of drug-likeness (QED) is 0.199. The van der Waals surface area contributed by atoms with Gasteiger partial charge in [0, 0.05) is 18.7 Å². The highest BCUT2D eigenvalue weighted by molar-refractivity contribution is 7.93. The number of rotatable bonds is 13. The van der Waals surface area contributed by atoms with Crippen LogP contribution in [0.25, 0.3) is 6.08 Å². The number of nitrogen functional groups attached to an aromatic ring is 1. The van der Waals surface area contributed by atoms with Crippen LogP contribution in [-0.4, -0.2) is 82.8 Å². The van der Waals surface area contributed by atoms with Crippen LogP contribution in [-0.2, 0) is 29.1 Å². The summed E-state index contributed by atoms with van der Waals surface area (Å²) in [4.78, 5) is 25.6. The van der Waals surface area contributed by atoms with Gasteiger partial charge in [0.15, 0.2) is 5.75 Å². The number of nitrogens with two attached hydrogens (primary N) is 1. The standard InChI is InChI=1S/C28H35ClN4O7S/c1-3-39-27(35)19-41(36,37)33(13-5-7-20-6-4-8-21(16-20)28(30)31)22-9-10-25(24(29)17-22)40-23-11-14-32(15-12-23)18-26(34)38-2/h4-10,16-17,23H,3,11-15,18-19H2,1-2H3,(H3,30,31). The molecule has 0 atom stereocenters. The Morgan fingerprint density at radius 1 is 1.17 bits per heavy atom. The van der Waals surface area contributed by atoms with Gasteiger partial charge in [-0.1, -0.05) is 42.0 Å². The minimum Gasteiger partial charge on any atom is -0.489 e. The van der Waals surface area contributed by atoms with Gasteiger partial charge in [0.1, 0.15) is 17.7 Å². The first-order valence-corrected chi connectivity index (χ1v) is 15.0. The van der Waals surface area contributed by atoms with Crippen LogP contribution >= 0.6 is 11.6 Å². The fourth-order valence-electron chi connectivity index (χ4n) is 4.26. The van der Waals surface area contributed by atoms with Crippen LogP contribution in [0.5, 0.6) is 5.75 Å². The fourth-order valence-corrected chi connectivity index (χ4v) is 5.76. The Hall–Kier alpha value is -3.61. The molecule has 0 saturated carbocycles. The van der Waals surface area contributed by atoms with Crippen molar-refractivity contribution in [2.24, 2.45) is 5.73 Å². The van der Waals surface area contributed by atoms with E-state index in [0.717, 1.165) is 9.87 Å². The Morgan fingerprint density at radius 2 is 1.90 bits per heavy atom. The van der Waals surface area contributed by atoms with Gasteiger partial charge in [-0.05, 0) is 49.6 Å². The Bertz CT molecular complexity index is 1380. The highest BCUT2D eigenvalue weighted by Gasteiger charge is 2.27. The lowest BCUT2D eigenvalue weighted by atomic mass is 10.1. The highest BCUT2D eigenvalue weighted by atomic mass is 35.5. The van der Waals surface area contributed by atoms with Crippen LogP contribution in [0.4, 0.5) is 5.69 Å². The van der Waals surface area contributed by atoms with Gasteiger partial charge in [0.2, 0.25) is 10.0 Å². The van der Waals surface area contributed by atoms with Crippen LogP contribution in [0.1, 0.15) is 30.9 Å². The first kappa shape index (κ1) is 31.9. The molecule has 1 aliphatic heterocycles. The lowest BCUT2D eigenvalue weighted by Crippen LogP contribution is -2.41. The predicted octanol–water partition coefficient (Wildman–Crippen LogP) is 3.05. The van der Waals surface area contributed by atoms with E-state index < -0.39 is 21.7 Å². The molecule has 1 aliphatic rings. The van der Waals surface area contributed by atoms with E-state index in [1.165, 1.54) is 13.2 Å². The molecule has 0 bridgehead atoms.